The minimum absolute atomic E-state index is 0.109. The number of benzene rings is 1. The van der Waals surface area contributed by atoms with Gasteiger partial charge in [-0.2, -0.15) is 0 Å². The first-order valence-corrected chi connectivity index (χ1v) is 6.17. The van der Waals surface area contributed by atoms with Gasteiger partial charge in [0.15, 0.2) is 0 Å². The Morgan fingerprint density at radius 2 is 2.18 bits per heavy atom. The van der Waals surface area contributed by atoms with Crippen molar-refractivity contribution < 1.29 is 9.13 Å². The van der Waals surface area contributed by atoms with Crippen molar-refractivity contribution in [2.45, 2.75) is 39.2 Å². The normalized spacial score (nSPS) is 20.2. The van der Waals surface area contributed by atoms with Gasteiger partial charge in [0.2, 0.25) is 0 Å². The van der Waals surface area contributed by atoms with E-state index in [4.69, 9.17) is 4.74 Å². The second-order valence-corrected chi connectivity index (χ2v) is 4.84. The minimum atomic E-state index is -0.109. The standard InChI is InChI=1S/C15H19FO/c1-11-3-7-14(17-10-11)8-6-13-5-4-12(2)15(16)9-13/h3-5,9,14H,6-8,10H2,1-2H3. The molecule has 1 aromatic rings. The summed E-state index contributed by atoms with van der Waals surface area (Å²) in [6.07, 6.45) is 5.37. The molecular weight excluding hydrogens is 215 g/mol. The minimum Gasteiger partial charge on any atom is -0.374 e. The third kappa shape index (κ3) is 3.40. The molecular formula is C15H19FO. The maximum absolute atomic E-state index is 13.4. The second kappa shape index (κ2) is 5.46. The number of hydrogen-bond acceptors (Lipinski definition) is 1. The Labute approximate surface area is 102 Å². The molecule has 1 atom stereocenters. The molecule has 0 radical (unpaired) electrons. The molecule has 1 aromatic carbocycles. The van der Waals surface area contributed by atoms with Gasteiger partial charge in [-0.3, -0.25) is 0 Å². The average Bonchev–Trinajstić information content (AvgIpc) is 2.33. The Morgan fingerprint density at radius 1 is 1.35 bits per heavy atom. The van der Waals surface area contributed by atoms with Gasteiger partial charge in [-0.1, -0.05) is 23.8 Å². The Hall–Kier alpha value is -1.15. The summed E-state index contributed by atoms with van der Waals surface area (Å²) in [7, 11) is 0. The summed E-state index contributed by atoms with van der Waals surface area (Å²) in [4.78, 5) is 0. The highest BCUT2D eigenvalue weighted by Gasteiger charge is 2.12. The third-order valence-electron chi connectivity index (χ3n) is 3.27. The molecule has 2 rings (SSSR count). The van der Waals surface area contributed by atoms with Crippen LogP contribution in [0.15, 0.2) is 29.8 Å². The van der Waals surface area contributed by atoms with Gasteiger partial charge < -0.3 is 4.74 Å². The van der Waals surface area contributed by atoms with E-state index >= 15 is 0 Å². The van der Waals surface area contributed by atoms with E-state index in [1.54, 1.807) is 13.0 Å². The number of hydrogen-bond donors (Lipinski definition) is 0. The van der Waals surface area contributed by atoms with E-state index in [0.717, 1.165) is 31.4 Å². The zero-order valence-corrected chi connectivity index (χ0v) is 10.5. The van der Waals surface area contributed by atoms with Crippen LogP contribution in [-0.4, -0.2) is 12.7 Å². The van der Waals surface area contributed by atoms with Crippen LogP contribution in [0.5, 0.6) is 0 Å². The van der Waals surface area contributed by atoms with Crippen LogP contribution in [0.3, 0.4) is 0 Å². The first-order valence-electron chi connectivity index (χ1n) is 6.17. The van der Waals surface area contributed by atoms with Gasteiger partial charge in [-0.05, 0) is 50.3 Å². The first-order chi connectivity index (χ1) is 8.15. The smallest absolute Gasteiger partial charge is 0.126 e. The SMILES string of the molecule is CC1=CCC(CCc2ccc(C)c(F)c2)OC1. The molecule has 0 N–H and O–H groups in total. The Balaban J connectivity index is 1.87. The predicted octanol–water partition coefficient (Wildman–Crippen LogP) is 3.80. The number of rotatable bonds is 3. The summed E-state index contributed by atoms with van der Waals surface area (Å²) >= 11 is 0. The lowest BCUT2D eigenvalue weighted by Crippen LogP contribution is -2.18. The van der Waals surface area contributed by atoms with E-state index in [9.17, 15) is 4.39 Å². The van der Waals surface area contributed by atoms with Crippen molar-refractivity contribution in [3.05, 3.63) is 46.8 Å². The van der Waals surface area contributed by atoms with E-state index in [-0.39, 0.29) is 5.82 Å². The zero-order chi connectivity index (χ0) is 12.3. The lowest BCUT2D eigenvalue weighted by Gasteiger charge is -2.21. The van der Waals surface area contributed by atoms with Gasteiger partial charge in [0.1, 0.15) is 5.82 Å². The topological polar surface area (TPSA) is 9.23 Å². The van der Waals surface area contributed by atoms with Crippen LogP contribution in [0, 0.1) is 12.7 Å². The van der Waals surface area contributed by atoms with Crippen LogP contribution in [0.4, 0.5) is 4.39 Å². The highest BCUT2D eigenvalue weighted by Crippen LogP contribution is 2.18. The molecule has 1 aliphatic heterocycles. The molecule has 0 aromatic heterocycles. The molecule has 1 heterocycles. The average molecular weight is 234 g/mol. The van der Waals surface area contributed by atoms with Gasteiger partial charge in [-0.25, -0.2) is 4.39 Å². The van der Waals surface area contributed by atoms with E-state index in [0.29, 0.717) is 11.7 Å². The van der Waals surface area contributed by atoms with E-state index in [1.165, 1.54) is 5.57 Å². The quantitative estimate of drug-likeness (QED) is 0.723. The summed E-state index contributed by atoms with van der Waals surface area (Å²) in [6.45, 7) is 4.62. The van der Waals surface area contributed by atoms with Gasteiger partial charge in [0.05, 0.1) is 12.7 Å². The summed E-state index contributed by atoms with van der Waals surface area (Å²) in [5.41, 5.74) is 3.08. The number of halogens is 1. The molecule has 0 saturated heterocycles. The fourth-order valence-corrected chi connectivity index (χ4v) is 2.03. The van der Waals surface area contributed by atoms with Crippen LogP contribution in [0.2, 0.25) is 0 Å². The molecule has 0 fully saturated rings. The van der Waals surface area contributed by atoms with Gasteiger partial charge in [0, 0.05) is 0 Å². The van der Waals surface area contributed by atoms with Crippen molar-refractivity contribution >= 4 is 0 Å². The van der Waals surface area contributed by atoms with E-state index in [2.05, 4.69) is 13.0 Å². The van der Waals surface area contributed by atoms with Crippen molar-refractivity contribution in [1.29, 1.82) is 0 Å². The first kappa shape index (κ1) is 12.3. The molecule has 0 bridgehead atoms. The highest BCUT2D eigenvalue weighted by molar-refractivity contribution is 5.23. The van der Waals surface area contributed by atoms with Crippen LogP contribution in [-0.2, 0) is 11.2 Å². The third-order valence-corrected chi connectivity index (χ3v) is 3.27. The molecule has 2 heteroatoms. The van der Waals surface area contributed by atoms with Crippen LogP contribution >= 0.6 is 0 Å². The van der Waals surface area contributed by atoms with Crippen molar-refractivity contribution in [1.82, 2.24) is 0 Å². The Kier molecular flexibility index (Phi) is 3.95. The predicted molar refractivity (Wildman–Crippen MR) is 67.6 cm³/mol. The number of aryl methyl sites for hydroxylation is 2. The molecule has 0 aliphatic carbocycles. The monoisotopic (exact) mass is 234 g/mol. The van der Waals surface area contributed by atoms with Crippen LogP contribution in [0.1, 0.15) is 30.9 Å². The fourth-order valence-electron chi connectivity index (χ4n) is 2.03. The molecule has 92 valence electrons. The van der Waals surface area contributed by atoms with Crippen LogP contribution in [0.25, 0.3) is 0 Å². The Morgan fingerprint density at radius 3 is 2.82 bits per heavy atom. The largest absolute Gasteiger partial charge is 0.374 e. The molecule has 1 unspecified atom stereocenters. The lowest BCUT2D eigenvalue weighted by atomic mass is 10.0. The van der Waals surface area contributed by atoms with Gasteiger partial charge in [0.25, 0.3) is 0 Å². The molecule has 1 nitrogen and oxygen atoms in total. The maximum Gasteiger partial charge on any atom is 0.126 e. The van der Waals surface area contributed by atoms with Gasteiger partial charge in [-0.15, -0.1) is 0 Å². The van der Waals surface area contributed by atoms with E-state index in [1.807, 2.05) is 12.1 Å². The summed E-state index contributed by atoms with van der Waals surface area (Å²) in [6, 6.07) is 5.48. The summed E-state index contributed by atoms with van der Waals surface area (Å²) in [5, 5.41) is 0. The van der Waals surface area contributed by atoms with Crippen LogP contribution < -0.4 is 0 Å². The summed E-state index contributed by atoms with van der Waals surface area (Å²) < 4.78 is 19.1. The molecule has 0 spiro atoms. The molecule has 1 aliphatic rings. The maximum atomic E-state index is 13.4. The second-order valence-electron chi connectivity index (χ2n) is 4.84. The zero-order valence-electron chi connectivity index (χ0n) is 10.5. The van der Waals surface area contributed by atoms with Crippen molar-refractivity contribution in [2.75, 3.05) is 6.61 Å². The van der Waals surface area contributed by atoms with Crippen molar-refractivity contribution in [3.63, 3.8) is 0 Å². The molecule has 0 amide bonds. The highest BCUT2D eigenvalue weighted by atomic mass is 19.1. The van der Waals surface area contributed by atoms with Crippen molar-refractivity contribution in [2.24, 2.45) is 0 Å². The molecule has 17 heavy (non-hydrogen) atoms. The van der Waals surface area contributed by atoms with E-state index < -0.39 is 0 Å². The van der Waals surface area contributed by atoms with Crippen molar-refractivity contribution in [3.8, 4) is 0 Å². The number of ether oxygens (including phenoxy) is 1. The van der Waals surface area contributed by atoms with Gasteiger partial charge >= 0.3 is 0 Å². The lowest BCUT2D eigenvalue weighted by molar-refractivity contribution is 0.0563. The fraction of sp³-hybridized carbons (Fsp3) is 0.467. The Bertz CT molecular complexity index is 423. The summed E-state index contributed by atoms with van der Waals surface area (Å²) in [5.74, 6) is -0.109. The molecule has 0 saturated carbocycles.